The second-order valence-electron chi connectivity index (χ2n) is 12.8. The Balaban J connectivity index is 0. The van der Waals surface area contributed by atoms with Crippen molar-refractivity contribution in [2.75, 3.05) is 33.2 Å². The summed E-state index contributed by atoms with van der Waals surface area (Å²) in [6, 6.07) is 12.3. The van der Waals surface area contributed by atoms with Gasteiger partial charge in [0.2, 0.25) is 6.29 Å². The van der Waals surface area contributed by atoms with Gasteiger partial charge in [-0.25, -0.2) is 0 Å². The molecule has 0 amide bonds. The van der Waals surface area contributed by atoms with E-state index >= 15 is 0 Å². The van der Waals surface area contributed by atoms with Gasteiger partial charge in [-0.1, -0.05) is 101 Å². The number of allylic oxidation sites excluding steroid dienone is 5. The van der Waals surface area contributed by atoms with Gasteiger partial charge in [-0.05, 0) is 113 Å². The maximum absolute atomic E-state index is 8.81. The van der Waals surface area contributed by atoms with Crippen LogP contribution >= 0.6 is 0 Å². The van der Waals surface area contributed by atoms with Gasteiger partial charge in [0.25, 0.3) is 0 Å². The largest absolute Gasteiger partial charge is 0.385 e. The third-order valence-corrected chi connectivity index (χ3v) is 9.00. The number of nitrogens with zero attached hydrogens (tertiary/aromatic N) is 3. The van der Waals surface area contributed by atoms with Crippen LogP contribution in [0.4, 0.5) is 0 Å². The van der Waals surface area contributed by atoms with E-state index < -0.39 is 0 Å². The van der Waals surface area contributed by atoms with Gasteiger partial charge in [0.15, 0.2) is 0 Å². The van der Waals surface area contributed by atoms with Gasteiger partial charge >= 0.3 is 0 Å². The summed E-state index contributed by atoms with van der Waals surface area (Å²) in [4.78, 5) is 15.3. The van der Waals surface area contributed by atoms with Crippen molar-refractivity contribution in [2.45, 2.75) is 99.8 Å². The van der Waals surface area contributed by atoms with E-state index in [0.717, 1.165) is 54.9 Å². The van der Waals surface area contributed by atoms with Crippen LogP contribution < -0.4 is 11.1 Å². The van der Waals surface area contributed by atoms with Crippen LogP contribution in [-0.4, -0.2) is 50.1 Å². The van der Waals surface area contributed by atoms with Gasteiger partial charge in [-0.3, -0.25) is 9.79 Å². The highest BCUT2D eigenvalue weighted by atomic mass is 16.1. The molecule has 3 N–H and O–H groups in total. The highest BCUT2D eigenvalue weighted by molar-refractivity contribution is 5.93. The normalized spacial score (nSPS) is 17.0. The Hall–Kier alpha value is -4.21. The van der Waals surface area contributed by atoms with Gasteiger partial charge < -0.3 is 16.0 Å². The molecule has 0 radical (unpaired) electrons. The lowest BCUT2D eigenvalue weighted by molar-refractivity contribution is -0.103. The molecule has 282 valence electrons. The number of carbonyl (C=O) groups is 1. The van der Waals surface area contributed by atoms with Crippen LogP contribution in [0.2, 0.25) is 0 Å². The zero-order valence-corrected chi connectivity index (χ0v) is 33.7. The second kappa shape index (κ2) is 31.7. The topological polar surface area (TPSA) is 94.5 Å². The fourth-order valence-corrected chi connectivity index (χ4v) is 5.51. The Bertz CT molecular complexity index is 1320. The molecule has 2 aliphatic rings. The lowest BCUT2D eigenvalue weighted by Gasteiger charge is -2.27. The number of aliphatic imine (C=N–C) groups is 1. The average molecular weight is 698 g/mol. The van der Waals surface area contributed by atoms with Crippen LogP contribution in [0, 0.1) is 23.2 Å². The lowest BCUT2D eigenvalue weighted by atomic mass is 9.78. The highest BCUT2D eigenvalue weighted by Crippen LogP contribution is 2.36. The molecular weight excluding hydrogens is 627 g/mol. The number of aldehydes is 1. The van der Waals surface area contributed by atoms with E-state index in [1.807, 2.05) is 19.9 Å². The molecule has 51 heavy (non-hydrogen) atoms. The first-order valence-electron chi connectivity index (χ1n) is 18.6. The Kier molecular flexibility index (Phi) is 30.4. The van der Waals surface area contributed by atoms with Gasteiger partial charge in [0.05, 0.1) is 6.54 Å². The first kappa shape index (κ1) is 48.9. The predicted octanol–water partition coefficient (Wildman–Crippen LogP) is 10.7. The van der Waals surface area contributed by atoms with E-state index in [0.29, 0.717) is 12.5 Å². The number of hydrogen-bond acceptors (Lipinski definition) is 6. The van der Waals surface area contributed by atoms with E-state index in [-0.39, 0.29) is 6.29 Å². The van der Waals surface area contributed by atoms with E-state index in [4.69, 9.17) is 15.8 Å². The van der Waals surface area contributed by atoms with E-state index in [1.165, 1.54) is 55.0 Å². The Morgan fingerprint density at radius 2 is 1.71 bits per heavy atom. The summed E-state index contributed by atoms with van der Waals surface area (Å²) in [5, 5.41) is 10.4. The number of rotatable bonds is 12. The fraction of sp³-hybridized carbons (Fsp3) is 0.489. The molecule has 0 bridgehead atoms. The molecule has 0 aromatic heterocycles. The van der Waals surface area contributed by atoms with E-state index in [1.54, 1.807) is 11.6 Å². The number of likely N-dealkylation sites (N-methyl/N-ethyl adjacent to an activating group) is 2. The zero-order chi connectivity index (χ0) is 39.0. The predicted molar refractivity (Wildman–Crippen MR) is 225 cm³/mol. The van der Waals surface area contributed by atoms with Crippen molar-refractivity contribution < 1.29 is 4.79 Å². The number of nitrogens with two attached hydrogens (primary N) is 1. The Morgan fingerprint density at radius 3 is 2.18 bits per heavy atom. The summed E-state index contributed by atoms with van der Waals surface area (Å²) in [5.41, 5.74) is 14.1. The standard InChI is InChI=1S/C15H28N2.C14H20.C11H16N2.C3H6.C2HNO/c1-7-12(3)14(5)17(6)11-15(8-2)13(4)9-10-16;1-2-12-8-10-14(11-9-12)13-6-4-3-5-7-13;1-4-12-10(3)11-6-5-9(2)13-8-7-11;1-3-2;3-1-2-4/h8-9,12H,5,7,10-11,16H2,1-4,6H3;3-7,12,14H,2,8-11H2,1H3;5-7,12H,3-4,8H2,1-2H3;3H,1H2,2H3;2H/b13-9+,15-8+;;;;. The number of benzene rings is 1. The molecule has 1 heterocycles. The molecule has 1 aromatic carbocycles. The lowest BCUT2D eigenvalue weighted by Crippen LogP contribution is -2.24. The molecule has 0 spiro atoms. The number of nitrogens with one attached hydrogen (secondary N) is 1. The molecule has 1 fully saturated rings. The molecule has 1 atom stereocenters. The van der Waals surface area contributed by atoms with Crippen molar-refractivity contribution >= 4 is 12.0 Å². The van der Waals surface area contributed by atoms with Crippen molar-refractivity contribution in [3.05, 3.63) is 120 Å². The van der Waals surface area contributed by atoms with Crippen LogP contribution in [0.5, 0.6) is 0 Å². The summed E-state index contributed by atoms with van der Waals surface area (Å²) in [7, 11) is 2.10. The first-order valence-corrected chi connectivity index (χ1v) is 18.6. The van der Waals surface area contributed by atoms with Crippen LogP contribution in [0.3, 0.4) is 0 Å². The maximum Gasteiger partial charge on any atom is 0.219 e. The van der Waals surface area contributed by atoms with Crippen LogP contribution in [-0.2, 0) is 4.79 Å². The van der Waals surface area contributed by atoms with Crippen molar-refractivity contribution in [1.82, 2.24) is 10.2 Å². The first-order chi connectivity index (χ1) is 24.4. The van der Waals surface area contributed by atoms with E-state index in [2.05, 4.69) is 138 Å². The number of hydrogen-bond donors (Lipinski definition) is 2. The van der Waals surface area contributed by atoms with E-state index in [9.17, 15) is 0 Å². The van der Waals surface area contributed by atoms with Crippen molar-refractivity contribution in [3.8, 4) is 6.07 Å². The summed E-state index contributed by atoms with van der Waals surface area (Å²) in [6.07, 6.45) is 20.5. The minimum absolute atomic E-state index is 0.181. The number of carbonyl (C=O) groups excluding carboxylic acids is 1. The fourth-order valence-electron chi connectivity index (χ4n) is 5.51. The van der Waals surface area contributed by atoms with Crippen LogP contribution in [0.1, 0.15) is 105 Å². The monoisotopic (exact) mass is 698 g/mol. The molecule has 0 saturated heterocycles. The van der Waals surface area contributed by atoms with Crippen molar-refractivity contribution in [1.29, 1.82) is 5.26 Å². The molecule has 1 unspecified atom stereocenters. The quantitative estimate of drug-likeness (QED) is 0.0981. The summed E-state index contributed by atoms with van der Waals surface area (Å²) >= 11 is 0. The van der Waals surface area contributed by atoms with Crippen LogP contribution in [0.15, 0.2) is 120 Å². The third kappa shape index (κ3) is 23.0. The van der Waals surface area contributed by atoms with Gasteiger partial charge in [-0.15, -0.1) is 6.58 Å². The molecule has 1 aliphatic heterocycles. The molecule has 1 aliphatic carbocycles. The van der Waals surface area contributed by atoms with Crippen molar-refractivity contribution in [3.63, 3.8) is 0 Å². The van der Waals surface area contributed by atoms with Crippen LogP contribution in [0.25, 0.3) is 0 Å². The molecule has 1 saturated carbocycles. The number of nitriles is 1. The minimum atomic E-state index is 0.181. The molecule has 3 rings (SSSR count). The third-order valence-electron chi connectivity index (χ3n) is 9.00. The summed E-state index contributed by atoms with van der Waals surface area (Å²) in [5.74, 6) is 2.39. The Labute approximate surface area is 313 Å². The van der Waals surface area contributed by atoms with Gasteiger partial charge in [-0.2, -0.15) is 5.26 Å². The van der Waals surface area contributed by atoms with Crippen molar-refractivity contribution in [2.24, 2.45) is 22.6 Å². The minimum Gasteiger partial charge on any atom is -0.385 e. The Morgan fingerprint density at radius 1 is 1.12 bits per heavy atom. The maximum atomic E-state index is 8.81. The highest BCUT2D eigenvalue weighted by Gasteiger charge is 2.20. The molecule has 1 aromatic rings. The van der Waals surface area contributed by atoms with Gasteiger partial charge in [0, 0.05) is 43.8 Å². The SMILES string of the molecule is C=C(C(C)CC)N(C)CC(=C\C)/C(C)=C/CN.C=C(NCC)C1=CCN=C(C)C=C1.C=CC.CCC1CCC(c2ccccc2)CC1.N#CC=O. The average Bonchev–Trinajstić information content (AvgIpc) is 3.38. The molecular formula is C45H71N5O. The zero-order valence-electron chi connectivity index (χ0n) is 33.7. The molecule has 6 heteroatoms. The van der Waals surface area contributed by atoms with Gasteiger partial charge in [0.1, 0.15) is 6.07 Å². The smallest absolute Gasteiger partial charge is 0.219 e. The summed E-state index contributed by atoms with van der Waals surface area (Å²) in [6.45, 7) is 31.5. The molecule has 6 nitrogen and oxygen atoms in total. The summed E-state index contributed by atoms with van der Waals surface area (Å²) < 4.78 is 0. The second-order valence-corrected chi connectivity index (χ2v) is 12.8.